The van der Waals surface area contributed by atoms with Gasteiger partial charge in [-0.05, 0) is 24.3 Å². The summed E-state index contributed by atoms with van der Waals surface area (Å²) < 4.78 is 1.39. The van der Waals surface area contributed by atoms with Crippen LogP contribution in [-0.2, 0) is 0 Å². The fraction of sp³-hybridized carbons (Fsp3) is 0. The Balaban J connectivity index is 1.74. The smallest absolute Gasteiger partial charge is 0.273 e. The maximum Gasteiger partial charge on any atom is 0.273 e. The van der Waals surface area contributed by atoms with E-state index in [1.54, 1.807) is 30.7 Å². The highest BCUT2D eigenvalue weighted by Crippen LogP contribution is 2.25. The third-order valence-corrected chi connectivity index (χ3v) is 4.28. The molecule has 4 heterocycles. The minimum atomic E-state index is -0.217. The van der Waals surface area contributed by atoms with E-state index in [2.05, 4.69) is 20.2 Å². The quantitative estimate of drug-likeness (QED) is 0.479. The van der Waals surface area contributed by atoms with Crippen molar-refractivity contribution in [2.75, 3.05) is 0 Å². The lowest BCUT2D eigenvalue weighted by molar-refractivity contribution is 0.161. The van der Waals surface area contributed by atoms with Crippen LogP contribution in [0.4, 0.5) is 0 Å². The van der Waals surface area contributed by atoms with Crippen molar-refractivity contribution in [2.45, 2.75) is 0 Å². The van der Waals surface area contributed by atoms with Crippen LogP contribution in [0.15, 0.2) is 65.8 Å². The second-order valence-electron chi connectivity index (χ2n) is 5.85. The molecule has 0 fully saturated rings. The van der Waals surface area contributed by atoms with Crippen LogP contribution >= 0.6 is 0 Å². The van der Waals surface area contributed by atoms with E-state index in [1.165, 1.54) is 10.6 Å². The SMILES string of the molecule is O=c1cc(-c2ccc3c(cnn3O)c2)nc2c(-c3ccccn3)c[nH]n12. The van der Waals surface area contributed by atoms with E-state index in [1.807, 2.05) is 24.3 Å². The molecule has 0 aliphatic heterocycles. The molecule has 0 amide bonds. The molecule has 0 bridgehead atoms. The highest BCUT2D eigenvalue weighted by molar-refractivity contribution is 5.84. The number of rotatable bonds is 2. The third kappa shape index (κ3) is 2.09. The number of aromatic amines is 1. The number of aromatic nitrogens is 6. The summed E-state index contributed by atoms with van der Waals surface area (Å²) in [5.74, 6) is 0. The molecule has 0 unspecified atom stereocenters. The van der Waals surface area contributed by atoms with Gasteiger partial charge in [0.05, 0.1) is 23.1 Å². The van der Waals surface area contributed by atoms with Gasteiger partial charge in [0.1, 0.15) is 5.52 Å². The Kier molecular flexibility index (Phi) is 2.93. The lowest BCUT2D eigenvalue weighted by Gasteiger charge is -2.03. The molecule has 2 N–H and O–H groups in total. The van der Waals surface area contributed by atoms with Crippen LogP contribution in [0.25, 0.3) is 39.1 Å². The number of nitrogens with zero attached hydrogens (tertiary/aromatic N) is 5. The standard InChI is InChI=1S/C18H12N6O2/c25-17-8-15(11-4-5-16-12(7-11)9-21-24(16)26)22-18-13(10-20-23(17)18)14-3-1-2-6-19-14/h1-10,20,26H. The van der Waals surface area contributed by atoms with Gasteiger partial charge in [0.25, 0.3) is 5.56 Å². The zero-order valence-corrected chi connectivity index (χ0v) is 13.4. The highest BCUT2D eigenvalue weighted by atomic mass is 16.5. The predicted octanol–water partition coefficient (Wildman–Crippen LogP) is 2.34. The van der Waals surface area contributed by atoms with Crippen molar-refractivity contribution in [1.82, 2.24) is 29.5 Å². The first-order valence-corrected chi connectivity index (χ1v) is 7.91. The van der Waals surface area contributed by atoms with Crippen molar-refractivity contribution in [1.29, 1.82) is 0 Å². The Morgan fingerprint density at radius 3 is 2.85 bits per heavy atom. The first-order chi connectivity index (χ1) is 12.7. The molecule has 126 valence electrons. The molecule has 0 saturated heterocycles. The molecular weight excluding hydrogens is 332 g/mol. The average molecular weight is 344 g/mol. The van der Waals surface area contributed by atoms with E-state index < -0.39 is 0 Å². The Bertz CT molecular complexity index is 1320. The minimum absolute atomic E-state index is 0.217. The summed E-state index contributed by atoms with van der Waals surface area (Å²) in [6.45, 7) is 0. The molecule has 0 atom stereocenters. The van der Waals surface area contributed by atoms with Gasteiger partial charge in [-0.3, -0.25) is 14.9 Å². The summed E-state index contributed by atoms with van der Waals surface area (Å²) >= 11 is 0. The molecule has 1 aromatic carbocycles. The van der Waals surface area contributed by atoms with E-state index in [0.717, 1.165) is 27.1 Å². The molecule has 8 heteroatoms. The van der Waals surface area contributed by atoms with Crippen molar-refractivity contribution >= 4 is 16.6 Å². The Hall–Kier alpha value is -3.94. The topological polar surface area (TPSA) is 101 Å². The van der Waals surface area contributed by atoms with Gasteiger partial charge in [0.15, 0.2) is 5.65 Å². The number of H-pyrrole nitrogens is 1. The van der Waals surface area contributed by atoms with Crippen molar-refractivity contribution in [3.8, 4) is 22.5 Å². The molecular formula is C18H12N6O2. The second-order valence-corrected chi connectivity index (χ2v) is 5.85. The molecule has 0 aliphatic rings. The number of fused-ring (bicyclic) bond motifs is 2. The van der Waals surface area contributed by atoms with Gasteiger partial charge in [-0.15, -0.1) is 9.94 Å². The van der Waals surface area contributed by atoms with Crippen molar-refractivity contribution < 1.29 is 5.21 Å². The fourth-order valence-electron chi connectivity index (χ4n) is 3.02. The normalized spacial score (nSPS) is 11.4. The van der Waals surface area contributed by atoms with Gasteiger partial charge in [-0.1, -0.05) is 12.1 Å². The maximum absolute atomic E-state index is 12.5. The summed E-state index contributed by atoms with van der Waals surface area (Å²) in [6, 6.07) is 12.4. The monoisotopic (exact) mass is 344 g/mol. The van der Waals surface area contributed by atoms with Gasteiger partial charge in [-0.2, -0.15) is 0 Å². The van der Waals surface area contributed by atoms with Crippen molar-refractivity contribution in [2.24, 2.45) is 0 Å². The number of pyridine rings is 1. The summed E-state index contributed by atoms with van der Waals surface area (Å²) in [5, 5.41) is 17.1. The highest BCUT2D eigenvalue weighted by Gasteiger charge is 2.13. The first-order valence-electron chi connectivity index (χ1n) is 7.91. The van der Waals surface area contributed by atoms with Crippen LogP contribution < -0.4 is 5.56 Å². The first kappa shape index (κ1) is 14.4. The fourth-order valence-corrected chi connectivity index (χ4v) is 3.02. The zero-order valence-electron chi connectivity index (χ0n) is 13.4. The molecule has 0 radical (unpaired) electrons. The summed E-state index contributed by atoms with van der Waals surface area (Å²) in [7, 11) is 0. The number of hydrogen-bond donors (Lipinski definition) is 2. The van der Waals surface area contributed by atoms with Gasteiger partial charge in [0.2, 0.25) is 0 Å². The molecule has 5 aromatic rings. The van der Waals surface area contributed by atoms with Crippen LogP contribution in [-0.4, -0.2) is 34.7 Å². The van der Waals surface area contributed by atoms with Crippen LogP contribution in [0, 0.1) is 0 Å². The van der Waals surface area contributed by atoms with Crippen molar-refractivity contribution in [3.63, 3.8) is 0 Å². The minimum Gasteiger partial charge on any atom is -0.411 e. The summed E-state index contributed by atoms with van der Waals surface area (Å²) in [6.07, 6.45) is 4.97. The molecule has 0 spiro atoms. The predicted molar refractivity (Wildman–Crippen MR) is 95.0 cm³/mol. The molecule has 4 aromatic heterocycles. The molecule has 5 rings (SSSR count). The Morgan fingerprint density at radius 2 is 2.00 bits per heavy atom. The van der Waals surface area contributed by atoms with Gasteiger partial charge >= 0.3 is 0 Å². The lowest BCUT2D eigenvalue weighted by atomic mass is 10.1. The second kappa shape index (κ2) is 5.28. The average Bonchev–Trinajstić information content (AvgIpc) is 3.26. The van der Waals surface area contributed by atoms with Gasteiger partial charge in [-0.25, -0.2) is 9.50 Å². The van der Waals surface area contributed by atoms with Crippen LogP contribution in [0.3, 0.4) is 0 Å². The van der Waals surface area contributed by atoms with Crippen LogP contribution in [0.5, 0.6) is 0 Å². The van der Waals surface area contributed by atoms with Gasteiger partial charge in [0, 0.05) is 29.4 Å². The number of nitrogens with one attached hydrogen (secondary N) is 1. The Labute approximate surface area is 145 Å². The number of benzene rings is 1. The maximum atomic E-state index is 12.5. The largest absolute Gasteiger partial charge is 0.411 e. The zero-order chi connectivity index (χ0) is 17.7. The van der Waals surface area contributed by atoms with E-state index in [0.29, 0.717) is 16.9 Å². The molecule has 26 heavy (non-hydrogen) atoms. The molecule has 8 nitrogen and oxygen atoms in total. The number of hydrogen-bond acceptors (Lipinski definition) is 5. The third-order valence-electron chi connectivity index (χ3n) is 4.28. The van der Waals surface area contributed by atoms with E-state index in [-0.39, 0.29) is 5.56 Å². The molecule has 0 saturated carbocycles. The van der Waals surface area contributed by atoms with E-state index in [4.69, 9.17) is 0 Å². The Morgan fingerprint density at radius 1 is 1.08 bits per heavy atom. The summed E-state index contributed by atoms with van der Waals surface area (Å²) in [4.78, 5) is 22.3. The van der Waals surface area contributed by atoms with Crippen molar-refractivity contribution in [3.05, 3.63) is 71.4 Å². The van der Waals surface area contributed by atoms with E-state index >= 15 is 0 Å². The van der Waals surface area contributed by atoms with Crippen LogP contribution in [0.1, 0.15) is 0 Å². The van der Waals surface area contributed by atoms with Crippen LogP contribution in [0.2, 0.25) is 0 Å². The summed E-state index contributed by atoms with van der Waals surface area (Å²) in [5.41, 5.74) is 3.65. The van der Waals surface area contributed by atoms with Gasteiger partial charge < -0.3 is 5.21 Å². The lowest BCUT2D eigenvalue weighted by Crippen LogP contribution is -2.14. The molecule has 0 aliphatic carbocycles. The van der Waals surface area contributed by atoms with E-state index in [9.17, 15) is 10.0 Å².